The van der Waals surface area contributed by atoms with Gasteiger partial charge in [-0.2, -0.15) is 5.10 Å². The molecule has 0 saturated carbocycles. The number of carbonyl (C=O) groups is 1. The van der Waals surface area contributed by atoms with E-state index in [0.717, 1.165) is 19.3 Å². The topological polar surface area (TPSA) is 59.0 Å². The van der Waals surface area contributed by atoms with Gasteiger partial charge in [0.25, 0.3) is 0 Å². The van der Waals surface area contributed by atoms with Gasteiger partial charge in [-0.3, -0.25) is 4.68 Å². The maximum absolute atomic E-state index is 12.9. The highest BCUT2D eigenvalue weighted by Gasteiger charge is 2.24. The third kappa shape index (κ3) is 3.52. The first-order chi connectivity index (χ1) is 11.0. The fourth-order valence-corrected chi connectivity index (χ4v) is 2.98. The van der Waals surface area contributed by atoms with Gasteiger partial charge < -0.3 is 10.6 Å². The van der Waals surface area contributed by atoms with E-state index in [-0.39, 0.29) is 17.9 Å². The highest BCUT2D eigenvalue weighted by atomic mass is 19.1. The Labute approximate surface area is 134 Å². The predicted molar refractivity (Wildman–Crippen MR) is 87.0 cm³/mol. The maximum atomic E-state index is 12.9. The molecule has 23 heavy (non-hydrogen) atoms. The Bertz CT molecular complexity index is 693. The summed E-state index contributed by atoms with van der Waals surface area (Å²) in [6.45, 7) is 4.21. The van der Waals surface area contributed by atoms with E-state index in [9.17, 15) is 9.18 Å². The summed E-state index contributed by atoms with van der Waals surface area (Å²) in [5.41, 5.74) is 3.06. The molecule has 5 nitrogen and oxygen atoms in total. The number of rotatable bonds is 3. The Kier molecular flexibility index (Phi) is 4.32. The number of halogens is 1. The molecule has 0 radical (unpaired) electrons. The number of aryl methyl sites for hydroxylation is 1. The van der Waals surface area contributed by atoms with Crippen LogP contribution in [-0.2, 0) is 12.8 Å². The molecular formula is C17H21FN4O. The van der Waals surface area contributed by atoms with Gasteiger partial charge in [0.15, 0.2) is 0 Å². The van der Waals surface area contributed by atoms with Crippen LogP contribution in [0.25, 0.3) is 0 Å². The van der Waals surface area contributed by atoms with E-state index in [2.05, 4.69) is 29.6 Å². The summed E-state index contributed by atoms with van der Waals surface area (Å²) in [7, 11) is 0. The summed E-state index contributed by atoms with van der Waals surface area (Å²) in [6, 6.07) is 5.86. The van der Waals surface area contributed by atoms with Crippen LogP contribution in [0.3, 0.4) is 0 Å². The van der Waals surface area contributed by atoms with Crippen LogP contribution in [0.1, 0.15) is 37.6 Å². The van der Waals surface area contributed by atoms with Crippen LogP contribution in [0.5, 0.6) is 0 Å². The van der Waals surface area contributed by atoms with Crippen LogP contribution in [0, 0.1) is 5.82 Å². The molecule has 1 aliphatic rings. The monoisotopic (exact) mass is 316 g/mol. The maximum Gasteiger partial charge on any atom is 0.319 e. The smallest absolute Gasteiger partial charge is 0.319 e. The number of nitrogens with one attached hydrogen (secondary N) is 2. The SMILES string of the molecule is CC(C)n1ncc2c1C[C@@H](NC(=O)Nc1ccc(F)cc1)CC2. The van der Waals surface area contributed by atoms with Gasteiger partial charge in [-0.1, -0.05) is 0 Å². The third-order valence-corrected chi connectivity index (χ3v) is 4.11. The summed E-state index contributed by atoms with van der Waals surface area (Å²) >= 11 is 0. The van der Waals surface area contributed by atoms with Gasteiger partial charge in [-0.05, 0) is 56.5 Å². The normalized spacial score (nSPS) is 17.0. The molecule has 1 aromatic carbocycles. The molecule has 1 aliphatic carbocycles. The minimum Gasteiger partial charge on any atom is -0.335 e. The summed E-state index contributed by atoms with van der Waals surface area (Å²) in [5.74, 6) is -0.322. The highest BCUT2D eigenvalue weighted by molar-refractivity contribution is 5.89. The number of nitrogens with zero attached hydrogens (tertiary/aromatic N) is 2. The molecule has 3 rings (SSSR count). The highest BCUT2D eigenvalue weighted by Crippen LogP contribution is 2.23. The van der Waals surface area contributed by atoms with Crippen molar-refractivity contribution in [2.24, 2.45) is 0 Å². The number of urea groups is 1. The zero-order chi connectivity index (χ0) is 16.4. The van der Waals surface area contributed by atoms with Crippen LogP contribution in [0.4, 0.5) is 14.9 Å². The van der Waals surface area contributed by atoms with Crippen molar-refractivity contribution >= 4 is 11.7 Å². The second-order valence-corrected chi connectivity index (χ2v) is 6.20. The second kappa shape index (κ2) is 6.40. The van der Waals surface area contributed by atoms with Gasteiger partial charge in [-0.25, -0.2) is 9.18 Å². The summed E-state index contributed by atoms with van der Waals surface area (Å²) in [6.07, 6.45) is 4.53. The number of carbonyl (C=O) groups excluding carboxylic acids is 1. The lowest BCUT2D eigenvalue weighted by Gasteiger charge is -2.25. The third-order valence-electron chi connectivity index (χ3n) is 4.11. The molecule has 0 saturated heterocycles. The van der Waals surface area contributed by atoms with Gasteiger partial charge in [0.1, 0.15) is 5.82 Å². The van der Waals surface area contributed by atoms with Gasteiger partial charge in [0.2, 0.25) is 0 Å². The predicted octanol–water partition coefficient (Wildman–Crippen LogP) is 3.28. The fraction of sp³-hybridized carbons (Fsp3) is 0.412. The van der Waals surface area contributed by atoms with Crippen molar-refractivity contribution in [2.45, 2.75) is 45.2 Å². The first-order valence-corrected chi connectivity index (χ1v) is 7.91. The molecule has 2 aromatic rings. The van der Waals surface area contributed by atoms with E-state index < -0.39 is 0 Å². The number of hydrogen-bond acceptors (Lipinski definition) is 2. The Balaban J connectivity index is 1.61. The van der Waals surface area contributed by atoms with Crippen LogP contribution in [0.15, 0.2) is 30.5 Å². The number of fused-ring (bicyclic) bond motifs is 1. The fourth-order valence-electron chi connectivity index (χ4n) is 2.98. The molecule has 0 unspecified atom stereocenters. The van der Waals surface area contributed by atoms with Crippen molar-refractivity contribution in [1.29, 1.82) is 0 Å². The lowest BCUT2D eigenvalue weighted by Crippen LogP contribution is -2.41. The van der Waals surface area contributed by atoms with Crippen molar-refractivity contribution in [1.82, 2.24) is 15.1 Å². The molecule has 0 aliphatic heterocycles. The summed E-state index contributed by atoms with van der Waals surface area (Å²) < 4.78 is 14.9. The van der Waals surface area contributed by atoms with Crippen molar-refractivity contribution in [2.75, 3.05) is 5.32 Å². The van der Waals surface area contributed by atoms with E-state index >= 15 is 0 Å². The molecule has 0 fully saturated rings. The average Bonchev–Trinajstić information content (AvgIpc) is 2.93. The van der Waals surface area contributed by atoms with E-state index in [4.69, 9.17) is 0 Å². The van der Waals surface area contributed by atoms with Gasteiger partial charge in [0.05, 0.1) is 6.20 Å². The molecule has 1 aromatic heterocycles. The van der Waals surface area contributed by atoms with Crippen LogP contribution < -0.4 is 10.6 Å². The van der Waals surface area contributed by atoms with Gasteiger partial charge in [-0.15, -0.1) is 0 Å². The zero-order valence-electron chi connectivity index (χ0n) is 13.3. The van der Waals surface area contributed by atoms with Crippen LogP contribution in [-0.4, -0.2) is 21.9 Å². The minimum atomic E-state index is -0.322. The zero-order valence-corrected chi connectivity index (χ0v) is 13.3. The van der Waals surface area contributed by atoms with Crippen molar-refractivity contribution in [3.63, 3.8) is 0 Å². The van der Waals surface area contributed by atoms with Crippen LogP contribution in [0.2, 0.25) is 0 Å². The number of amides is 2. The van der Waals surface area contributed by atoms with Crippen molar-refractivity contribution in [3.05, 3.63) is 47.5 Å². The Hall–Kier alpha value is -2.37. The number of anilines is 1. The van der Waals surface area contributed by atoms with E-state index in [1.165, 1.54) is 23.4 Å². The van der Waals surface area contributed by atoms with Crippen molar-refractivity contribution in [3.8, 4) is 0 Å². The molecule has 2 N–H and O–H groups in total. The Morgan fingerprint density at radius 2 is 2.09 bits per heavy atom. The Morgan fingerprint density at radius 3 is 2.78 bits per heavy atom. The van der Waals surface area contributed by atoms with Crippen LogP contribution >= 0.6 is 0 Å². The lowest BCUT2D eigenvalue weighted by molar-refractivity contribution is 0.247. The molecule has 0 spiro atoms. The van der Waals surface area contributed by atoms with Crippen molar-refractivity contribution < 1.29 is 9.18 Å². The number of aromatic nitrogens is 2. The first kappa shape index (κ1) is 15.5. The Morgan fingerprint density at radius 1 is 1.35 bits per heavy atom. The number of benzene rings is 1. The summed E-state index contributed by atoms with van der Waals surface area (Å²) in [5, 5.41) is 10.2. The quantitative estimate of drug-likeness (QED) is 0.913. The van der Waals surface area contributed by atoms with E-state index in [0.29, 0.717) is 11.7 Å². The second-order valence-electron chi connectivity index (χ2n) is 6.20. The number of hydrogen-bond donors (Lipinski definition) is 2. The molecule has 6 heteroatoms. The van der Waals surface area contributed by atoms with Gasteiger partial charge in [0, 0.05) is 29.9 Å². The molecule has 1 heterocycles. The first-order valence-electron chi connectivity index (χ1n) is 7.91. The molecule has 122 valence electrons. The molecule has 2 amide bonds. The summed E-state index contributed by atoms with van der Waals surface area (Å²) in [4.78, 5) is 12.1. The largest absolute Gasteiger partial charge is 0.335 e. The minimum absolute atomic E-state index is 0.0807. The molecular weight excluding hydrogens is 295 g/mol. The average molecular weight is 316 g/mol. The molecule has 0 bridgehead atoms. The molecule has 1 atom stereocenters. The van der Waals surface area contributed by atoms with E-state index in [1.807, 2.05) is 10.9 Å². The van der Waals surface area contributed by atoms with E-state index in [1.54, 1.807) is 12.1 Å². The standard InChI is InChI=1S/C17H21FN4O/c1-11(2)22-16-9-15(6-3-12(16)10-19-22)21-17(23)20-14-7-4-13(18)5-8-14/h4-5,7-8,10-11,15H,3,6,9H2,1-2H3,(H2,20,21,23)/t15-/m0/s1. The lowest BCUT2D eigenvalue weighted by atomic mass is 9.93. The van der Waals surface area contributed by atoms with Gasteiger partial charge >= 0.3 is 6.03 Å².